The van der Waals surface area contributed by atoms with Crippen molar-refractivity contribution in [2.24, 2.45) is 0 Å². The van der Waals surface area contributed by atoms with Crippen molar-refractivity contribution in [3.8, 4) is 0 Å². The third-order valence-corrected chi connectivity index (χ3v) is 4.76. The van der Waals surface area contributed by atoms with Crippen LogP contribution in [0.15, 0.2) is 24.3 Å². The molecule has 2 saturated heterocycles. The summed E-state index contributed by atoms with van der Waals surface area (Å²) >= 11 is 5.70. The normalized spacial score (nSPS) is 25.6. The van der Waals surface area contributed by atoms with Gasteiger partial charge in [0.1, 0.15) is 4.99 Å². The molecule has 96 valence electrons. The van der Waals surface area contributed by atoms with Crippen LogP contribution in [0.2, 0.25) is 0 Å². The maximum atomic E-state index is 5.70. The number of hydrogen-bond donors (Lipinski definition) is 0. The van der Waals surface area contributed by atoms with Gasteiger partial charge in [0.15, 0.2) is 0 Å². The molecule has 2 heterocycles. The monoisotopic (exact) mass is 260 g/mol. The summed E-state index contributed by atoms with van der Waals surface area (Å²) in [5, 5.41) is 0. The van der Waals surface area contributed by atoms with E-state index in [1.54, 1.807) is 0 Å². The topological polar surface area (TPSA) is 6.48 Å². The Kier molecular flexibility index (Phi) is 3.02. The molecule has 0 amide bonds. The second-order valence-corrected chi connectivity index (χ2v) is 6.00. The molecule has 0 N–H and O–H groups in total. The Morgan fingerprint density at radius 2 is 1.56 bits per heavy atom. The van der Waals surface area contributed by atoms with Gasteiger partial charge in [-0.05, 0) is 49.9 Å². The molecule has 1 aromatic carbocycles. The molecular weight excluding hydrogens is 240 g/mol. The molecule has 0 atom stereocenters. The number of fused-ring (bicyclic) bond motifs is 2. The van der Waals surface area contributed by atoms with Gasteiger partial charge >= 0.3 is 0 Å². The van der Waals surface area contributed by atoms with Crippen LogP contribution in [-0.2, 0) is 0 Å². The van der Waals surface area contributed by atoms with Crippen molar-refractivity contribution >= 4 is 22.9 Å². The highest BCUT2D eigenvalue weighted by Crippen LogP contribution is 2.38. The molecule has 18 heavy (non-hydrogen) atoms. The Labute approximate surface area is 115 Å². The van der Waals surface area contributed by atoms with Crippen molar-refractivity contribution in [1.82, 2.24) is 4.90 Å². The fourth-order valence-corrected chi connectivity index (χ4v) is 3.73. The lowest BCUT2D eigenvalue weighted by Crippen LogP contribution is -2.34. The minimum atomic E-state index is 0.719. The van der Waals surface area contributed by atoms with E-state index in [2.05, 4.69) is 48.2 Å². The van der Waals surface area contributed by atoms with Crippen LogP contribution < -0.4 is 4.90 Å². The predicted octanol–water partition coefficient (Wildman–Crippen LogP) is 3.05. The molecule has 2 nitrogen and oxygen atoms in total. The Morgan fingerprint density at radius 3 is 2.00 bits per heavy atom. The van der Waals surface area contributed by atoms with Crippen LogP contribution in [0.25, 0.3) is 0 Å². The van der Waals surface area contributed by atoms with Crippen LogP contribution in [0.3, 0.4) is 0 Å². The average molecular weight is 260 g/mol. The van der Waals surface area contributed by atoms with Crippen molar-refractivity contribution in [2.45, 2.75) is 37.8 Å². The van der Waals surface area contributed by atoms with Gasteiger partial charge < -0.3 is 9.80 Å². The lowest BCUT2D eigenvalue weighted by Gasteiger charge is -2.25. The van der Waals surface area contributed by atoms with Crippen LogP contribution in [0, 0.1) is 0 Å². The zero-order valence-electron chi connectivity index (χ0n) is 11.1. The third kappa shape index (κ3) is 1.91. The van der Waals surface area contributed by atoms with Gasteiger partial charge in [0.2, 0.25) is 0 Å². The lowest BCUT2D eigenvalue weighted by molar-refractivity contribution is 0.407. The van der Waals surface area contributed by atoms with Crippen LogP contribution in [0.5, 0.6) is 0 Å². The van der Waals surface area contributed by atoms with Gasteiger partial charge in [0.05, 0.1) is 0 Å². The zero-order valence-corrected chi connectivity index (χ0v) is 11.9. The maximum absolute atomic E-state index is 5.70. The minimum Gasteiger partial charge on any atom is -0.378 e. The second-order valence-electron chi connectivity index (χ2n) is 5.62. The van der Waals surface area contributed by atoms with Gasteiger partial charge in [0, 0.05) is 37.4 Å². The van der Waals surface area contributed by atoms with Gasteiger partial charge in [-0.15, -0.1) is 0 Å². The Hall–Kier alpha value is -1.09. The largest absolute Gasteiger partial charge is 0.378 e. The number of thiocarbonyl (C=S) groups is 1. The molecular formula is C15H20N2S. The van der Waals surface area contributed by atoms with E-state index in [0.29, 0.717) is 0 Å². The second kappa shape index (κ2) is 4.54. The van der Waals surface area contributed by atoms with Gasteiger partial charge in [-0.25, -0.2) is 0 Å². The number of benzene rings is 1. The van der Waals surface area contributed by atoms with Gasteiger partial charge in [-0.1, -0.05) is 12.2 Å². The number of rotatable bonds is 2. The van der Waals surface area contributed by atoms with Gasteiger partial charge in [-0.2, -0.15) is 0 Å². The van der Waals surface area contributed by atoms with E-state index in [-0.39, 0.29) is 0 Å². The molecule has 0 spiro atoms. The van der Waals surface area contributed by atoms with Crippen molar-refractivity contribution in [3.63, 3.8) is 0 Å². The number of anilines is 1. The maximum Gasteiger partial charge on any atom is 0.109 e. The van der Waals surface area contributed by atoms with E-state index >= 15 is 0 Å². The molecule has 0 saturated carbocycles. The number of hydrogen-bond acceptors (Lipinski definition) is 2. The Morgan fingerprint density at radius 1 is 1.06 bits per heavy atom. The summed E-state index contributed by atoms with van der Waals surface area (Å²) in [6.07, 6.45) is 5.34. The summed E-state index contributed by atoms with van der Waals surface area (Å²) in [5.41, 5.74) is 2.43. The minimum absolute atomic E-state index is 0.719. The first-order chi connectivity index (χ1) is 8.66. The van der Waals surface area contributed by atoms with Crippen molar-refractivity contribution in [1.29, 1.82) is 0 Å². The zero-order chi connectivity index (χ0) is 12.7. The van der Waals surface area contributed by atoms with Crippen molar-refractivity contribution in [2.75, 3.05) is 19.0 Å². The first-order valence-corrected chi connectivity index (χ1v) is 7.17. The first kappa shape index (κ1) is 12.0. The van der Waals surface area contributed by atoms with Crippen molar-refractivity contribution < 1.29 is 0 Å². The standard InChI is InChI=1S/C15H20N2S/c1-16(2)12-5-3-11(4-6-12)15(18)17-13-7-8-14(17)10-9-13/h3-6,13-14H,7-10H2,1-2H3. The summed E-state index contributed by atoms with van der Waals surface area (Å²) in [4.78, 5) is 5.68. The molecule has 0 radical (unpaired) electrons. The lowest BCUT2D eigenvalue weighted by atomic mass is 10.0. The van der Waals surface area contributed by atoms with Crippen LogP contribution in [0.4, 0.5) is 5.69 Å². The highest BCUT2D eigenvalue weighted by molar-refractivity contribution is 7.80. The molecule has 0 aliphatic carbocycles. The molecule has 2 aliphatic rings. The predicted molar refractivity (Wildman–Crippen MR) is 80.4 cm³/mol. The Balaban J connectivity index is 1.80. The smallest absolute Gasteiger partial charge is 0.109 e. The summed E-state index contributed by atoms with van der Waals surface area (Å²) in [6.45, 7) is 0. The van der Waals surface area contributed by atoms with E-state index in [4.69, 9.17) is 12.2 Å². The average Bonchev–Trinajstić information content (AvgIpc) is 2.98. The summed E-state index contributed by atoms with van der Waals surface area (Å²) in [5.74, 6) is 0. The van der Waals surface area contributed by atoms with E-state index in [9.17, 15) is 0 Å². The molecule has 2 fully saturated rings. The Bertz CT molecular complexity index is 432. The van der Waals surface area contributed by atoms with Crippen LogP contribution in [-0.4, -0.2) is 36.1 Å². The van der Waals surface area contributed by atoms with E-state index in [1.807, 2.05) is 0 Å². The molecule has 2 bridgehead atoms. The molecule has 3 heteroatoms. The fraction of sp³-hybridized carbons (Fsp3) is 0.533. The molecule has 0 unspecified atom stereocenters. The fourth-order valence-electron chi connectivity index (χ4n) is 3.30. The van der Waals surface area contributed by atoms with Crippen molar-refractivity contribution in [3.05, 3.63) is 29.8 Å². The van der Waals surface area contributed by atoms with Crippen LogP contribution >= 0.6 is 12.2 Å². The SMILES string of the molecule is CN(C)c1ccc(C(=S)N2C3CCC2CC3)cc1. The molecule has 2 aliphatic heterocycles. The highest BCUT2D eigenvalue weighted by Gasteiger charge is 2.40. The number of nitrogens with zero attached hydrogens (tertiary/aromatic N) is 2. The third-order valence-electron chi connectivity index (χ3n) is 4.32. The van der Waals surface area contributed by atoms with E-state index < -0.39 is 0 Å². The molecule has 0 aromatic heterocycles. The van der Waals surface area contributed by atoms with Crippen LogP contribution in [0.1, 0.15) is 31.2 Å². The van der Waals surface area contributed by atoms with Gasteiger partial charge in [-0.3, -0.25) is 0 Å². The van der Waals surface area contributed by atoms with E-state index in [1.165, 1.54) is 36.9 Å². The van der Waals surface area contributed by atoms with Gasteiger partial charge in [0.25, 0.3) is 0 Å². The first-order valence-electron chi connectivity index (χ1n) is 6.77. The summed E-state index contributed by atoms with van der Waals surface area (Å²) in [7, 11) is 4.13. The highest BCUT2D eigenvalue weighted by atomic mass is 32.1. The van der Waals surface area contributed by atoms with E-state index in [0.717, 1.165) is 17.1 Å². The molecule has 1 aromatic rings. The quantitative estimate of drug-likeness (QED) is 0.755. The summed E-state index contributed by atoms with van der Waals surface area (Å²) < 4.78 is 0. The summed E-state index contributed by atoms with van der Waals surface area (Å²) in [6, 6.07) is 10.1. The molecule has 3 rings (SSSR count).